The van der Waals surface area contributed by atoms with E-state index in [0.29, 0.717) is 24.4 Å². The number of hydrogen-bond acceptors (Lipinski definition) is 3. The number of amides is 2. The van der Waals surface area contributed by atoms with Crippen LogP contribution in [-0.2, 0) is 17.9 Å². The third kappa shape index (κ3) is 3.49. The van der Waals surface area contributed by atoms with Crippen molar-refractivity contribution >= 4 is 38.8 Å². The van der Waals surface area contributed by atoms with E-state index in [9.17, 15) is 9.59 Å². The van der Waals surface area contributed by atoms with E-state index in [2.05, 4.69) is 21.2 Å². The summed E-state index contributed by atoms with van der Waals surface area (Å²) in [6, 6.07) is 11.6. The highest BCUT2D eigenvalue weighted by Crippen LogP contribution is 2.35. The fourth-order valence-corrected chi connectivity index (χ4v) is 5.32. The van der Waals surface area contributed by atoms with E-state index in [1.54, 1.807) is 17.2 Å². The Kier molecular flexibility index (Phi) is 5.16. The number of fused-ring (bicyclic) bond motifs is 3. The minimum absolute atomic E-state index is 0.0872. The molecule has 7 heteroatoms. The lowest BCUT2D eigenvalue weighted by Gasteiger charge is -2.45. The summed E-state index contributed by atoms with van der Waals surface area (Å²) in [6.45, 7) is 2.62. The number of hydrogen-bond donors (Lipinski definition) is 1. The van der Waals surface area contributed by atoms with Crippen LogP contribution in [0.5, 0.6) is 0 Å². The van der Waals surface area contributed by atoms with Gasteiger partial charge in [-0.15, -0.1) is 0 Å². The van der Waals surface area contributed by atoms with Gasteiger partial charge in [-0.3, -0.25) is 9.59 Å². The first-order valence-corrected chi connectivity index (χ1v) is 11.7. The molecule has 0 radical (unpaired) electrons. The van der Waals surface area contributed by atoms with Gasteiger partial charge in [-0.25, -0.2) is 0 Å². The molecule has 0 unspecified atom stereocenters. The van der Waals surface area contributed by atoms with E-state index in [1.165, 1.54) is 6.42 Å². The van der Waals surface area contributed by atoms with Crippen LogP contribution in [0.4, 0.5) is 0 Å². The van der Waals surface area contributed by atoms with Crippen LogP contribution in [0.15, 0.2) is 51.6 Å². The van der Waals surface area contributed by atoms with E-state index in [0.717, 1.165) is 41.2 Å². The van der Waals surface area contributed by atoms with Gasteiger partial charge in [-0.05, 0) is 31.4 Å². The monoisotopic (exact) mass is 483 g/mol. The van der Waals surface area contributed by atoms with Crippen LogP contribution in [-0.4, -0.2) is 32.9 Å². The van der Waals surface area contributed by atoms with Crippen LogP contribution in [0.2, 0.25) is 0 Å². The molecule has 162 valence electrons. The van der Waals surface area contributed by atoms with Crippen LogP contribution in [0.25, 0.3) is 11.1 Å². The molecule has 1 aromatic carbocycles. The molecule has 0 bridgehead atoms. The van der Waals surface area contributed by atoms with Crippen molar-refractivity contribution in [2.45, 2.75) is 63.7 Å². The van der Waals surface area contributed by atoms with Crippen LogP contribution in [0.1, 0.15) is 55.1 Å². The first kappa shape index (κ1) is 20.4. The number of nitrogens with zero attached hydrogens (tertiary/aromatic N) is 2. The topological polar surface area (TPSA) is 67.5 Å². The lowest BCUT2D eigenvalue weighted by molar-refractivity contribution is -0.134. The van der Waals surface area contributed by atoms with E-state index in [4.69, 9.17) is 4.42 Å². The first-order valence-electron chi connectivity index (χ1n) is 10.9. The maximum absolute atomic E-state index is 13.7. The van der Waals surface area contributed by atoms with Crippen LogP contribution in [0.3, 0.4) is 0 Å². The van der Waals surface area contributed by atoms with Gasteiger partial charge in [0.15, 0.2) is 5.58 Å². The molecule has 31 heavy (non-hydrogen) atoms. The largest absolute Gasteiger partial charge is 0.463 e. The third-order valence-electron chi connectivity index (χ3n) is 6.76. The van der Waals surface area contributed by atoms with Crippen molar-refractivity contribution < 1.29 is 14.0 Å². The number of nitrogens with one attached hydrogen (secondary N) is 1. The van der Waals surface area contributed by atoms with Gasteiger partial charge in [0.1, 0.15) is 11.2 Å². The van der Waals surface area contributed by atoms with Crippen molar-refractivity contribution in [1.29, 1.82) is 0 Å². The SMILES string of the molecule is C[C@@]1(C(=O)NC2CCCCC2)Cn2c(cc3occc32)C(=O)N1Cc1ccccc1Br. The molecule has 1 N–H and O–H groups in total. The second kappa shape index (κ2) is 7.86. The fourth-order valence-electron chi connectivity index (χ4n) is 4.91. The molecule has 3 heterocycles. The summed E-state index contributed by atoms with van der Waals surface area (Å²) in [7, 11) is 0. The summed E-state index contributed by atoms with van der Waals surface area (Å²) in [5.41, 5.74) is 2.03. The third-order valence-corrected chi connectivity index (χ3v) is 7.54. The highest BCUT2D eigenvalue weighted by atomic mass is 79.9. The first-order chi connectivity index (χ1) is 15.0. The maximum atomic E-state index is 13.7. The second-order valence-corrected chi connectivity index (χ2v) is 9.71. The Morgan fingerprint density at radius 1 is 1.23 bits per heavy atom. The standard InChI is InChI=1S/C24H26BrN3O3/c1-24(23(30)26-17-8-3-2-4-9-17)15-27-19-11-12-31-21(19)13-20(27)22(29)28(24)14-16-7-5-6-10-18(16)25/h5-7,10-13,17H,2-4,8-9,14-15H2,1H3,(H,26,30)/t24-/m0/s1. The molecule has 2 aromatic heterocycles. The summed E-state index contributed by atoms with van der Waals surface area (Å²) in [4.78, 5) is 29.1. The molecule has 0 saturated heterocycles. The molecule has 1 atom stereocenters. The van der Waals surface area contributed by atoms with E-state index >= 15 is 0 Å². The fraction of sp³-hybridized carbons (Fsp3) is 0.417. The molecular formula is C24H26BrN3O3. The zero-order valence-corrected chi connectivity index (χ0v) is 19.2. The van der Waals surface area contributed by atoms with Crippen molar-refractivity contribution in [3.8, 4) is 0 Å². The lowest BCUT2D eigenvalue weighted by Crippen LogP contribution is -2.64. The average molecular weight is 484 g/mol. The Morgan fingerprint density at radius 3 is 2.77 bits per heavy atom. The summed E-state index contributed by atoms with van der Waals surface area (Å²) in [6.07, 6.45) is 7.12. The maximum Gasteiger partial charge on any atom is 0.271 e. The van der Waals surface area contributed by atoms with Crippen LogP contribution >= 0.6 is 15.9 Å². The number of halogens is 1. The van der Waals surface area contributed by atoms with E-state index < -0.39 is 5.54 Å². The van der Waals surface area contributed by atoms with E-state index in [-0.39, 0.29) is 17.9 Å². The van der Waals surface area contributed by atoms with Crippen molar-refractivity contribution in [2.75, 3.05) is 0 Å². The van der Waals surface area contributed by atoms with Gasteiger partial charge in [0.2, 0.25) is 5.91 Å². The van der Waals surface area contributed by atoms with Gasteiger partial charge >= 0.3 is 0 Å². The Labute approximate surface area is 189 Å². The van der Waals surface area contributed by atoms with Crippen LogP contribution in [0, 0.1) is 0 Å². The zero-order valence-electron chi connectivity index (χ0n) is 17.6. The van der Waals surface area contributed by atoms with Gasteiger partial charge in [0, 0.05) is 29.2 Å². The molecule has 1 fully saturated rings. The molecule has 1 aliphatic heterocycles. The highest BCUT2D eigenvalue weighted by Gasteiger charge is 2.48. The van der Waals surface area contributed by atoms with Crippen LogP contribution < -0.4 is 5.32 Å². The number of carbonyl (C=O) groups excluding carboxylic acids is 2. The van der Waals surface area contributed by atoms with Crippen molar-refractivity contribution in [2.24, 2.45) is 0 Å². The lowest BCUT2D eigenvalue weighted by atomic mass is 9.91. The summed E-state index contributed by atoms with van der Waals surface area (Å²) >= 11 is 3.59. The molecule has 2 aliphatic rings. The van der Waals surface area contributed by atoms with E-state index in [1.807, 2.05) is 41.8 Å². The molecule has 1 aliphatic carbocycles. The van der Waals surface area contributed by atoms with Gasteiger partial charge in [-0.2, -0.15) is 0 Å². The van der Waals surface area contributed by atoms with Gasteiger partial charge in [-0.1, -0.05) is 53.4 Å². The molecule has 0 spiro atoms. The molecule has 6 nitrogen and oxygen atoms in total. The molecule has 3 aromatic rings. The number of carbonyl (C=O) groups is 2. The Morgan fingerprint density at radius 2 is 2.00 bits per heavy atom. The summed E-state index contributed by atoms with van der Waals surface area (Å²) < 4.78 is 8.39. The Balaban J connectivity index is 1.54. The van der Waals surface area contributed by atoms with Crippen molar-refractivity contribution in [3.05, 3.63) is 58.4 Å². The van der Waals surface area contributed by atoms with Gasteiger partial charge in [0.25, 0.3) is 5.91 Å². The number of aromatic nitrogens is 1. The predicted molar refractivity (Wildman–Crippen MR) is 122 cm³/mol. The van der Waals surface area contributed by atoms with Gasteiger partial charge < -0.3 is 19.2 Å². The Bertz CT molecular complexity index is 1140. The number of rotatable bonds is 4. The second-order valence-electron chi connectivity index (χ2n) is 8.85. The quantitative estimate of drug-likeness (QED) is 0.575. The molecule has 1 saturated carbocycles. The molecular weight excluding hydrogens is 458 g/mol. The zero-order chi connectivity index (χ0) is 21.6. The van der Waals surface area contributed by atoms with Crippen molar-refractivity contribution in [3.63, 3.8) is 0 Å². The smallest absolute Gasteiger partial charge is 0.271 e. The average Bonchev–Trinajstić information content (AvgIpc) is 3.35. The van der Waals surface area contributed by atoms with Crippen molar-refractivity contribution in [1.82, 2.24) is 14.8 Å². The number of benzene rings is 1. The minimum Gasteiger partial charge on any atom is -0.463 e. The highest BCUT2D eigenvalue weighted by molar-refractivity contribution is 9.10. The Hall–Kier alpha value is -2.54. The summed E-state index contributed by atoms with van der Waals surface area (Å²) in [5.74, 6) is -0.245. The number of furan rings is 1. The predicted octanol–water partition coefficient (Wildman–Crippen LogP) is 4.86. The summed E-state index contributed by atoms with van der Waals surface area (Å²) in [5, 5.41) is 3.26. The molecule has 5 rings (SSSR count). The van der Waals surface area contributed by atoms with Gasteiger partial charge in [0.05, 0.1) is 18.3 Å². The molecule has 2 amide bonds. The normalized spacial score (nSPS) is 22.0. The minimum atomic E-state index is -1.01.